The van der Waals surface area contributed by atoms with Gasteiger partial charge in [-0.2, -0.15) is 13.2 Å². The van der Waals surface area contributed by atoms with E-state index in [0.29, 0.717) is 5.75 Å². The van der Waals surface area contributed by atoms with Crippen LogP contribution in [0.15, 0.2) is 47.4 Å². The lowest BCUT2D eigenvalue weighted by Gasteiger charge is -2.16. The van der Waals surface area contributed by atoms with Crippen molar-refractivity contribution < 1.29 is 27.8 Å². The van der Waals surface area contributed by atoms with Crippen LogP contribution in [-0.4, -0.2) is 22.9 Å². The number of aryl methyl sites for hydroxylation is 2. The average Bonchev–Trinajstić information content (AvgIpc) is 2.55. The van der Waals surface area contributed by atoms with Gasteiger partial charge in [0.15, 0.2) is 6.10 Å². The molecular weight excluding hydrogens is 365 g/mol. The summed E-state index contributed by atoms with van der Waals surface area (Å²) in [5.41, 5.74) is 1.37. The van der Waals surface area contributed by atoms with Crippen LogP contribution < -0.4 is 4.74 Å². The maximum atomic E-state index is 12.7. The summed E-state index contributed by atoms with van der Waals surface area (Å²) in [5.74, 6) is -0.841. The molecule has 0 saturated carbocycles. The Morgan fingerprint density at radius 1 is 1.19 bits per heavy atom. The smallest absolute Gasteiger partial charge is 0.416 e. The largest absolute Gasteiger partial charge is 0.479 e. The van der Waals surface area contributed by atoms with Gasteiger partial charge in [0, 0.05) is 17.1 Å². The minimum absolute atomic E-state index is 0.108. The lowest BCUT2D eigenvalue weighted by molar-refractivity contribution is -0.145. The van der Waals surface area contributed by atoms with Gasteiger partial charge in [0.1, 0.15) is 5.75 Å². The number of alkyl halides is 3. The molecular formula is C19H19F3O3S. The number of carboxylic acid groups (broad SMARTS) is 1. The summed E-state index contributed by atoms with van der Waals surface area (Å²) in [6.45, 7) is 3.97. The molecule has 0 aliphatic heterocycles. The number of rotatable bonds is 7. The standard InChI is InChI=1S/C19H19F3O3S/c1-12-6-7-17(13(2)10-12)26-9-8-16(18(23)24)25-15-5-3-4-14(11-15)19(20,21)22/h3-7,10-11,16H,8-9H2,1-2H3,(H,23,24). The number of ether oxygens (including phenoxy) is 1. The summed E-state index contributed by atoms with van der Waals surface area (Å²) >= 11 is 1.50. The van der Waals surface area contributed by atoms with Crippen LogP contribution in [0.5, 0.6) is 5.75 Å². The fourth-order valence-electron chi connectivity index (χ4n) is 2.38. The van der Waals surface area contributed by atoms with Crippen molar-refractivity contribution >= 4 is 17.7 Å². The number of hydrogen-bond donors (Lipinski definition) is 1. The molecule has 0 saturated heterocycles. The zero-order valence-corrected chi connectivity index (χ0v) is 15.2. The summed E-state index contributed by atoms with van der Waals surface area (Å²) in [7, 11) is 0. The van der Waals surface area contributed by atoms with E-state index in [1.54, 1.807) is 0 Å². The van der Waals surface area contributed by atoms with E-state index in [4.69, 9.17) is 4.74 Å². The van der Waals surface area contributed by atoms with E-state index < -0.39 is 23.8 Å². The van der Waals surface area contributed by atoms with Gasteiger partial charge in [-0.3, -0.25) is 0 Å². The number of halogens is 3. The molecule has 26 heavy (non-hydrogen) atoms. The molecule has 1 atom stereocenters. The number of benzene rings is 2. The van der Waals surface area contributed by atoms with E-state index in [9.17, 15) is 23.1 Å². The highest BCUT2D eigenvalue weighted by molar-refractivity contribution is 7.99. The van der Waals surface area contributed by atoms with Crippen LogP contribution in [0.1, 0.15) is 23.1 Å². The first-order valence-corrected chi connectivity index (χ1v) is 8.92. The molecule has 2 aromatic rings. The predicted molar refractivity (Wildman–Crippen MR) is 94.8 cm³/mol. The van der Waals surface area contributed by atoms with Crippen molar-refractivity contribution in [2.24, 2.45) is 0 Å². The summed E-state index contributed by atoms with van der Waals surface area (Å²) < 4.78 is 43.5. The lowest BCUT2D eigenvalue weighted by atomic mass is 10.2. The Hall–Kier alpha value is -2.15. The molecule has 0 heterocycles. The highest BCUT2D eigenvalue weighted by atomic mass is 32.2. The van der Waals surface area contributed by atoms with E-state index in [2.05, 4.69) is 0 Å². The molecule has 0 aliphatic rings. The third-order valence-corrected chi connectivity index (χ3v) is 4.89. The van der Waals surface area contributed by atoms with Crippen molar-refractivity contribution in [1.29, 1.82) is 0 Å². The van der Waals surface area contributed by atoms with Crippen molar-refractivity contribution in [3.63, 3.8) is 0 Å². The van der Waals surface area contributed by atoms with Gasteiger partial charge in [-0.1, -0.05) is 23.8 Å². The van der Waals surface area contributed by atoms with Crippen LogP contribution in [-0.2, 0) is 11.0 Å². The van der Waals surface area contributed by atoms with Crippen molar-refractivity contribution in [2.45, 2.75) is 37.4 Å². The molecule has 1 unspecified atom stereocenters. The minimum atomic E-state index is -4.50. The van der Waals surface area contributed by atoms with E-state index in [0.717, 1.165) is 28.2 Å². The fourth-order valence-corrected chi connectivity index (χ4v) is 3.38. The van der Waals surface area contributed by atoms with Crippen LogP contribution in [0.2, 0.25) is 0 Å². The summed E-state index contributed by atoms with van der Waals surface area (Å²) in [5, 5.41) is 9.30. The number of carboxylic acids is 1. The number of thioether (sulfide) groups is 1. The monoisotopic (exact) mass is 384 g/mol. The third kappa shape index (κ3) is 5.69. The quantitative estimate of drug-likeness (QED) is 0.655. The molecule has 2 aromatic carbocycles. The van der Waals surface area contributed by atoms with Gasteiger partial charge in [-0.25, -0.2) is 4.79 Å². The average molecular weight is 384 g/mol. The zero-order chi connectivity index (χ0) is 19.3. The van der Waals surface area contributed by atoms with Crippen LogP contribution in [0.25, 0.3) is 0 Å². The predicted octanol–water partition coefficient (Wildman–Crippen LogP) is 5.34. The molecule has 0 bridgehead atoms. The SMILES string of the molecule is Cc1ccc(SCCC(Oc2cccc(C(F)(F)F)c2)C(=O)O)c(C)c1. The van der Waals surface area contributed by atoms with E-state index in [1.165, 1.54) is 23.9 Å². The molecule has 3 nitrogen and oxygen atoms in total. The second kappa shape index (κ2) is 8.49. The Morgan fingerprint density at radius 2 is 1.92 bits per heavy atom. The number of aliphatic carboxylic acids is 1. The van der Waals surface area contributed by atoms with Gasteiger partial charge < -0.3 is 9.84 Å². The van der Waals surface area contributed by atoms with E-state index >= 15 is 0 Å². The Balaban J connectivity index is 2.00. The number of hydrogen-bond acceptors (Lipinski definition) is 3. The molecule has 1 N–H and O–H groups in total. The summed E-state index contributed by atoms with van der Waals surface area (Å²) in [6, 6.07) is 10.2. The van der Waals surface area contributed by atoms with E-state index in [-0.39, 0.29) is 12.2 Å². The molecule has 7 heteroatoms. The summed E-state index contributed by atoms with van der Waals surface area (Å²) in [6.07, 6.45) is -5.54. The maximum Gasteiger partial charge on any atom is 0.416 e. The highest BCUT2D eigenvalue weighted by Crippen LogP contribution is 2.32. The van der Waals surface area contributed by atoms with Gasteiger partial charge in [0.05, 0.1) is 5.56 Å². The number of carbonyl (C=O) groups is 1. The van der Waals surface area contributed by atoms with Crippen LogP contribution in [0.4, 0.5) is 13.2 Å². The van der Waals surface area contributed by atoms with Crippen LogP contribution in [0.3, 0.4) is 0 Å². The van der Waals surface area contributed by atoms with Crippen LogP contribution in [0, 0.1) is 13.8 Å². The summed E-state index contributed by atoms with van der Waals surface area (Å²) in [4.78, 5) is 12.4. The van der Waals surface area contributed by atoms with Gasteiger partial charge in [0.25, 0.3) is 0 Å². The van der Waals surface area contributed by atoms with Crippen LogP contribution >= 0.6 is 11.8 Å². The Bertz CT molecular complexity index is 775. The molecule has 0 aliphatic carbocycles. The van der Waals surface area contributed by atoms with Gasteiger partial charge in [-0.05, 0) is 43.7 Å². The second-order valence-corrected chi connectivity index (χ2v) is 7.01. The molecule has 0 spiro atoms. The van der Waals surface area contributed by atoms with Gasteiger partial charge in [0.2, 0.25) is 0 Å². The molecule has 0 aromatic heterocycles. The Kier molecular flexibility index (Phi) is 6.58. The third-order valence-electron chi connectivity index (χ3n) is 3.68. The van der Waals surface area contributed by atoms with Gasteiger partial charge in [-0.15, -0.1) is 11.8 Å². The molecule has 0 radical (unpaired) electrons. The van der Waals surface area contributed by atoms with E-state index in [1.807, 2.05) is 32.0 Å². The Morgan fingerprint density at radius 3 is 2.54 bits per heavy atom. The first-order valence-electron chi connectivity index (χ1n) is 7.93. The van der Waals surface area contributed by atoms with Crippen molar-refractivity contribution in [2.75, 3.05) is 5.75 Å². The van der Waals surface area contributed by atoms with Crippen molar-refractivity contribution in [3.05, 3.63) is 59.2 Å². The molecule has 2 rings (SSSR count). The first-order chi connectivity index (χ1) is 12.2. The fraction of sp³-hybridized carbons (Fsp3) is 0.316. The van der Waals surface area contributed by atoms with Crippen molar-refractivity contribution in [1.82, 2.24) is 0 Å². The lowest BCUT2D eigenvalue weighted by Crippen LogP contribution is -2.27. The molecule has 0 amide bonds. The second-order valence-electron chi connectivity index (χ2n) is 5.88. The minimum Gasteiger partial charge on any atom is -0.479 e. The first kappa shape index (κ1) is 20.2. The normalized spacial score (nSPS) is 12.7. The van der Waals surface area contributed by atoms with Crippen molar-refractivity contribution in [3.8, 4) is 5.75 Å². The highest BCUT2D eigenvalue weighted by Gasteiger charge is 2.31. The topological polar surface area (TPSA) is 46.5 Å². The molecule has 140 valence electrons. The molecule has 0 fully saturated rings. The Labute approximate surface area is 154 Å². The zero-order valence-electron chi connectivity index (χ0n) is 14.3. The maximum absolute atomic E-state index is 12.7. The van der Waals surface area contributed by atoms with Gasteiger partial charge >= 0.3 is 12.1 Å².